The van der Waals surface area contributed by atoms with Gasteiger partial charge in [-0.15, -0.1) is 11.3 Å². The standard InChI is InChI=1S/C27H30FN3O3S/c1-18(2)31(27(33)29-21-8-4-19(3)5-9-21)16-26(32)30-14-12-25-23(13-15-35-25)24(30)17-34-22-10-6-20(28)7-11-22/h4-11,13,15,18,24H,12,14,16-17H2,1-3H3,(H,29,33). The third-order valence-electron chi connectivity index (χ3n) is 6.13. The summed E-state index contributed by atoms with van der Waals surface area (Å²) >= 11 is 1.67. The number of aryl methyl sites for hydroxylation is 1. The molecule has 0 saturated heterocycles. The number of fused-ring (bicyclic) bond motifs is 1. The molecule has 2 aromatic carbocycles. The highest BCUT2D eigenvalue weighted by molar-refractivity contribution is 7.10. The molecule has 1 aromatic heterocycles. The zero-order valence-corrected chi connectivity index (χ0v) is 21.0. The van der Waals surface area contributed by atoms with Crippen molar-refractivity contribution in [1.29, 1.82) is 0 Å². The molecule has 0 spiro atoms. The number of nitrogens with one attached hydrogen (secondary N) is 1. The summed E-state index contributed by atoms with van der Waals surface area (Å²) in [5.74, 6) is 0.0781. The van der Waals surface area contributed by atoms with Gasteiger partial charge in [-0.25, -0.2) is 9.18 Å². The van der Waals surface area contributed by atoms with Crippen molar-refractivity contribution < 1.29 is 18.7 Å². The largest absolute Gasteiger partial charge is 0.491 e. The first-order valence-electron chi connectivity index (χ1n) is 11.7. The van der Waals surface area contributed by atoms with Gasteiger partial charge >= 0.3 is 6.03 Å². The molecule has 1 aliphatic rings. The number of anilines is 1. The SMILES string of the molecule is Cc1ccc(NC(=O)N(CC(=O)N2CCc3sccc3C2COc2ccc(F)cc2)C(C)C)cc1. The minimum absolute atomic E-state index is 0.0398. The average Bonchev–Trinajstić information content (AvgIpc) is 3.32. The minimum atomic E-state index is -0.329. The van der Waals surface area contributed by atoms with Gasteiger partial charge in [-0.05, 0) is 80.6 Å². The average molecular weight is 496 g/mol. The van der Waals surface area contributed by atoms with Crippen molar-refractivity contribution in [2.24, 2.45) is 0 Å². The van der Waals surface area contributed by atoms with E-state index in [1.807, 2.05) is 56.5 Å². The highest BCUT2D eigenvalue weighted by Crippen LogP contribution is 2.34. The first-order chi connectivity index (χ1) is 16.8. The lowest BCUT2D eigenvalue weighted by molar-refractivity contribution is -0.135. The van der Waals surface area contributed by atoms with E-state index >= 15 is 0 Å². The predicted molar refractivity (Wildman–Crippen MR) is 136 cm³/mol. The number of halogens is 1. The van der Waals surface area contributed by atoms with Crippen LogP contribution < -0.4 is 10.1 Å². The Balaban J connectivity index is 1.48. The molecule has 1 N–H and O–H groups in total. The van der Waals surface area contributed by atoms with E-state index in [0.717, 1.165) is 17.5 Å². The summed E-state index contributed by atoms with van der Waals surface area (Å²) in [5.41, 5.74) is 2.85. The van der Waals surface area contributed by atoms with Gasteiger partial charge in [0.1, 0.15) is 24.7 Å². The van der Waals surface area contributed by atoms with Crippen LogP contribution in [0.4, 0.5) is 14.9 Å². The second kappa shape index (κ2) is 10.9. The topological polar surface area (TPSA) is 61.9 Å². The lowest BCUT2D eigenvalue weighted by Gasteiger charge is -2.37. The number of hydrogen-bond acceptors (Lipinski definition) is 4. The van der Waals surface area contributed by atoms with Crippen LogP contribution >= 0.6 is 11.3 Å². The molecule has 3 amide bonds. The van der Waals surface area contributed by atoms with Crippen LogP contribution in [0.3, 0.4) is 0 Å². The molecule has 0 radical (unpaired) electrons. The van der Waals surface area contributed by atoms with Crippen LogP contribution in [0.15, 0.2) is 60.0 Å². The van der Waals surface area contributed by atoms with Gasteiger partial charge in [-0.3, -0.25) is 4.79 Å². The fourth-order valence-electron chi connectivity index (χ4n) is 4.14. The number of carbonyl (C=O) groups excluding carboxylic acids is 2. The number of ether oxygens (including phenoxy) is 1. The second-order valence-electron chi connectivity index (χ2n) is 8.93. The van der Waals surface area contributed by atoms with Gasteiger partial charge in [0.05, 0.1) is 6.04 Å². The van der Waals surface area contributed by atoms with Gasteiger partial charge in [0.2, 0.25) is 5.91 Å². The summed E-state index contributed by atoms with van der Waals surface area (Å²) in [6.45, 7) is 6.53. The number of thiophene rings is 1. The van der Waals surface area contributed by atoms with Crippen molar-refractivity contribution in [3.8, 4) is 5.75 Å². The number of amides is 3. The maximum Gasteiger partial charge on any atom is 0.322 e. The van der Waals surface area contributed by atoms with Crippen molar-refractivity contribution in [2.45, 2.75) is 39.3 Å². The van der Waals surface area contributed by atoms with Gasteiger partial charge in [0.25, 0.3) is 0 Å². The van der Waals surface area contributed by atoms with Crippen molar-refractivity contribution in [3.05, 3.63) is 81.8 Å². The molecule has 0 fully saturated rings. The van der Waals surface area contributed by atoms with E-state index in [9.17, 15) is 14.0 Å². The smallest absolute Gasteiger partial charge is 0.322 e. The Morgan fingerprint density at radius 3 is 2.54 bits per heavy atom. The summed E-state index contributed by atoms with van der Waals surface area (Å²) in [5, 5.41) is 4.92. The van der Waals surface area contributed by atoms with E-state index in [2.05, 4.69) is 5.32 Å². The Bertz CT molecular complexity index is 1160. The quantitative estimate of drug-likeness (QED) is 0.461. The zero-order valence-electron chi connectivity index (χ0n) is 20.2. The third kappa shape index (κ3) is 6.00. The molecule has 184 valence electrons. The van der Waals surface area contributed by atoms with E-state index in [1.165, 1.54) is 17.0 Å². The summed E-state index contributed by atoms with van der Waals surface area (Å²) in [6.07, 6.45) is 0.767. The summed E-state index contributed by atoms with van der Waals surface area (Å²) in [4.78, 5) is 31.1. The van der Waals surface area contributed by atoms with Crippen LogP contribution in [0.2, 0.25) is 0 Å². The Labute approximate surface area is 209 Å². The lowest BCUT2D eigenvalue weighted by Crippen LogP contribution is -2.50. The molecular weight excluding hydrogens is 465 g/mol. The van der Waals surface area contributed by atoms with E-state index < -0.39 is 0 Å². The number of benzene rings is 2. The molecule has 4 rings (SSSR count). The van der Waals surface area contributed by atoms with Crippen LogP contribution in [0.5, 0.6) is 5.75 Å². The van der Waals surface area contributed by atoms with Crippen molar-refractivity contribution >= 4 is 29.0 Å². The summed E-state index contributed by atoms with van der Waals surface area (Å²) < 4.78 is 19.2. The Hall–Kier alpha value is -3.39. The van der Waals surface area contributed by atoms with Crippen LogP contribution in [0.1, 0.15) is 35.9 Å². The Kier molecular flexibility index (Phi) is 7.70. The number of urea groups is 1. The molecule has 1 atom stereocenters. The molecule has 0 bridgehead atoms. The van der Waals surface area contributed by atoms with Gasteiger partial charge < -0.3 is 19.9 Å². The zero-order chi connectivity index (χ0) is 24.9. The maximum absolute atomic E-state index is 13.5. The number of rotatable bonds is 7. The molecule has 0 aliphatic carbocycles. The van der Waals surface area contributed by atoms with Crippen LogP contribution in [-0.4, -0.2) is 47.5 Å². The number of carbonyl (C=O) groups is 2. The fourth-order valence-corrected chi connectivity index (χ4v) is 5.07. The van der Waals surface area contributed by atoms with Crippen LogP contribution in [0.25, 0.3) is 0 Å². The molecule has 3 aromatic rings. The third-order valence-corrected chi connectivity index (χ3v) is 7.13. The molecule has 6 nitrogen and oxygen atoms in total. The highest BCUT2D eigenvalue weighted by Gasteiger charge is 2.34. The first-order valence-corrected chi connectivity index (χ1v) is 12.6. The van der Waals surface area contributed by atoms with E-state index in [4.69, 9.17) is 4.74 Å². The minimum Gasteiger partial charge on any atom is -0.491 e. The Morgan fingerprint density at radius 1 is 1.14 bits per heavy atom. The summed E-state index contributed by atoms with van der Waals surface area (Å²) in [6, 6.07) is 14.7. The van der Waals surface area contributed by atoms with Crippen molar-refractivity contribution in [1.82, 2.24) is 9.80 Å². The molecule has 1 unspecified atom stereocenters. The van der Waals surface area contributed by atoms with Crippen molar-refractivity contribution in [3.63, 3.8) is 0 Å². The van der Waals surface area contributed by atoms with Crippen molar-refractivity contribution in [2.75, 3.05) is 25.0 Å². The number of hydrogen-bond donors (Lipinski definition) is 1. The van der Waals surface area contributed by atoms with Gasteiger partial charge in [0.15, 0.2) is 0 Å². The molecule has 0 saturated carbocycles. The van der Waals surface area contributed by atoms with Crippen LogP contribution in [-0.2, 0) is 11.2 Å². The number of nitrogens with zero attached hydrogens (tertiary/aromatic N) is 2. The van der Waals surface area contributed by atoms with E-state index in [0.29, 0.717) is 18.0 Å². The molecule has 8 heteroatoms. The maximum atomic E-state index is 13.5. The van der Waals surface area contributed by atoms with Gasteiger partial charge in [-0.1, -0.05) is 17.7 Å². The normalized spacial score (nSPS) is 15.0. The fraction of sp³-hybridized carbons (Fsp3) is 0.333. The molecular formula is C27H30FN3O3S. The van der Waals surface area contributed by atoms with Gasteiger partial charge in [-0.2, -0.15) is 0 Å². The van der Waals surface area contributed by atoms with Crippen LogP contribution in [0, 0.1) is 12.7 Å². The second-order valence-corrected chi connectivity index (χ2v) is 9.94. The summed E-state index contributed by atoms with van der Waals surface area (Å²) in [7, 11) is 0. The predicted octanol–water partition coefficient (Wildman–Crippen LogP) is 5.64. The molecule has 2 heterocycles. The Morgan fingerprint density at radius 2 is 1.86 bits per heavy atom. The lowest BCUT2D eigenvalue weighted by atomic mass is 10.0. The van der Waals surface area contributed by atoms with Gasteiger partial charge in [0, 0.05) is 23.2 Å². The highest BCUT2D eigenvalue weighted by atomic mass is 32.1. The van der Waals surface area contributed by atoms with E-state index in [1.54, 1.807) is 33.3 Å². The molecule has 35 heavy (non-hydrogen) atoms. The molecule has 1 aliphatic heterocycles. The first kappa shape index (κ1) is 24.7. The van der Waals surface area contributed by atoms with E-state index in [-0.39, 0.29) is 43.0 Å². The monoisotopic (exact) mass is 495 g/mol.